The average Bonchev–Trinajstić information content (AvgIpc) is 3.18. The fourth-order valence-electron chi connectivity index (χ4n) is 2.91. The number of rotatable bonds is 8. The Morgan fingerprint density at radius 3 is 2.52 bits per heavy atom. The number of nitrogens with one attached hydrogen (secondary N) is 1. The van der Waals surface area contributed by atoms with Gasteiger partial charge < -0.3 is 15.8 Å². The second-order valence-corrected chi connectivity index (χ2v) is 6.67. The number of hydrogen-bond donors (Lipinski definition) is 2. The van der Waals surface area contributed by atoms with Crippen LogP contribution in [-0.4, -0.2) is 30.2 Å². The number of benzene rings is 2. The smallest absolute Gasteiger partial charge is 0.267 e. The van der Waals surface area contributed by atoms with Crippen molar-refractivity contribution in [2.75, 3.05) is 11.6 Å². The lowest BCUT2D eigenvalue weighted by molar-refractivity contribution is -0.119. The second-order valence-electron chi connectivity index (χ2n) is 6.67. The monoisotopic (exact) mass is 398 g/mol. The lowest BCUT2D eigenvalue weighted by Gasteiger charge is -2.20. The van der Waals surface area contributed by atoms with Gasteiger partial charge in [-0.25, -0.2) is 4.39 Å². The molecule has 1 aliphatic heterocycles. The number of nitrogens with two attached hydrogens (primary N) is 1. The van der Waals surface area contributed by atoms with E-state index in [4.69, 9.17) is 10.5 Å². The quantitative estimate of drug-likeness (QED) is 0.713. The van der Waals surface area contributed by atoms with Crippen molar-refractivity contribution in [3.05, 3.63) is 59.9 Å². The highest BCUT2D eigenvalue weighted by molar-refractivity contribution is 6.40. The van der Waals surface area contributed by atoms with Crippen molar-refractivity contribution in [3.63, 3.8) is 0 Å². The first-order chi connectivity index (χ1) is 14.0. The summed E-state index contributed by atoms with van der Waals surface area (Å²) < 4.78 is 18.7. The Balaban J connectivity index is 1.64. The van der Waals surface area contributed by atoms with E-state index in [1.54, 1.807) is 0 Å². The third kappa shape index (κ3) is 5.10. The average molecular weight is 398 g/mol. The third-order valence-corrected chi connectivity index (χ3v) is 4.44. The minimum Gasteiger partial charge on any atom is -0.494 e. The summed E-state index contributed by atoms with van der Waals surface area (Å²) in [7, 11) is 0. The minimum atomic E-state index is -0.795. The molecule has 0 radical (unpaired) electrons. The summed E-state index contributed by atoms with van der Waals surface area (Å²) in [5.74, 6) is -0.617. The molecule has 0 fully saturated rings. The summed E-state index contributed by atoms with van der Waals surface area (Å²) in [5, 5.41) is 8.40. The second kappa shape index (κ2) is 9.18. The van der Waals surface area contributed by atoms with Gasteiger partial charge in [0.1, 0.15) is 23.3 Å². The molecule has 1 aliphatic rings. The largest absolute Gasteiger partial charge is 0.494 e. The summed E-state index contributed by atoms with van der Waals surface area (Å²) in [6, 6.07) is 12.1. The van der Waals surface area contributed by atoms with Crippen LogP contribution in [0.2, 0.25) is 0 Å². The van der Waals surface area contributed by atoms with Crippen LogP contribution in [0.4, 0.5) is 10.1 Å². The van der Waals surface area contributed by atoms with E-state index in [1.165, 1.54) is 29.3 Å². The van der Waals surface area contributed by atoms with Gasteiger partial charge in [-0.1, -0.05) is 19.1 Å². The molecule has 1 heterocycles. The molecule has 0 aliphatic carbocycles. The van der Waals surface area contributed by atoms with Crippen LogP contribution in [-0.2, 0) is 16.1 Å². The molecule has 29 heavy (non-hydrogen) atoms. The minimum absolute atomic E-state index is 0.0857. The van der Waals surface area contributed by atoms with E-state index >= 15 is 0 Å². The van der Waals surface area contributed by atoms with Crippen molar-refractivity contribution in [1.29, 1.82) is 0 Å². The Kier molecular flexibility index (Phi) is 6.43. The molecule has 0 spiro atoms. The lowest BCUT2D eigenvalue weighted by atomic mass is 10.1. The number of carbonyl (C=O) groups is 2. The van der Waals surface area contributed by atoms with E-state index in [0.29, 0.717) is 18.8 Å². The topological polar surface area (TPSA) is 97.0 Å². The Hall–Kier alpha value is -3.42. The van der Waals surface area contributed by atoms with Crippen molar-refractivity contribution < 1.29 is 18.7 Å². The zero-order chi connectivity index (χ0) is 20.8. The van der Waals surface area contributed by atoms with Gasteiger partial charge in [-0.15, -0.1) is 0 Å². The van der Waals surface area contributed by atoms with E-state index in [2.05, 4.69) is 10.4 Å². The fourth-order valence-corrected chi connectivity index (χ4v) is 2.91. The number of nitrogens with zero attached hydrogens (tertiary/aromatic N) is 2. The number of hydrazone groups is 1. The Labute approximate surface area is 168 Å². The molecule has 0 saturated carbocycles. The van der Waals surface area contributed by atoms with Crippen LogP contribution in [0.3, 0.4) is 0 Å². The van der Waals surface area contributed by atoms with Crippen LogP contribution in [0.25, 0.3) is 0 Å². The van der Waals surface area contributed by atoms with E-state index in [1.807, 2.05) is 31.2 Å². The molecule has 3 N–H and O–H groups in total. The summed E-state index contributed by atoms with van der Waals surface area (Å²) in [4.78, 5) is 24.3. The molecule has 2 aromatic rings. The number of anilines is 1. The molecule has 0 bridgehead atoms. The lowest BCUT2D eigenvalue weighted by Crippen LogP contribution is -2.39. The van der Waals surface area contributed by atoms with Gasteiger partial charge in [0, 0.05) is 13.0 Å². The maximum atomic E-state index is 13.2. The highest BCUT2D eigenvalue weighted by Crippen LogP contribution is 2.25. The summed E-state index contributed by atoms with van der Waals surface area (Å²) in [6.07, 6.45) is 1.02. The number of hydrogen-bond acceptors (Lipinski definition) is 5. The Morgan fingerprint density at radius 2 is 1.90 bits per heavy atom. The zero-order valence-electron chi connectivity index (χ0n) is 16.1. The van der Waals surface area contributed by atoms with Gasteiger partial charge in [-0.3, -0.25) is 14.6 Å². The normalized spacial score (nSPS) is 15.7. The van der Waals surface area contributed by atoms with Crippen molar-refractivity contribution in [3.8, 4) is 5.75 Å². The number of amides is 2. The van der Waals surface area contributed by atoms with E-state index in [9.17, 15) is 14.0 Å². The third-order valence-electron chi connectivity index (χ3n) is 4.44. The van der Waals surface area contributed by atoms with Crippen molar-refractivity contribution in [2.45, 2.75) is 32.4 Å². The summed E-state index contributed by atoms with van der Waals surface area (Å²) >= 11 is 0. The van der Waals surface area contributed by atoms with Crippen LogP contribution in [0.5, 0.6) is 5.75 Å². The SMILES string of the molecule is CCCOc1ccc(CNC(=O)C2=NN(c3ccc(F)cc3)C(C(N)=O)C2)cc1. The molecule has 7 nitrogen and oxygen atoms in total. The zero-order valence-corrected chi connectivity index (χ0v) is 16.1. The standard InChI is InChI=1S/C21H23FN4O3/c1-2-11-29-17-9-3-14(4-10-17)13-24-21(28)18-12-19(20(23)27)26(25-18)16-7-5-15(22)6-8-16/h3-10,19H,2,11-13H2,1H3,(H2,23,27)(H,24,28). The first kappa shape index (κ1) is 20.3. The van der Waals surface area contributed by atoms with Crippen LogP contribution < -0.4 is 20.8 Å². The molecule has 0 saturated heterocycles. The number of halogens is 1. The molecule has 2 amide bonds. The van der Waals surface area contributed by atoms with Gasteiger partial charge in [0.05, 0.1) is 12.3 Å². The number of carbonyl (C=O) groups excluding carboxylic acids is 2. The van der Waals surface area contributed by atoms with Gasteiger partial charge >= 0.3 is 0 Å². The van der Waals surface area contributed by atoms with Crippen LogP contribution in [0, 0.1) is 5.82 Å². The molecule has 1 unspecified atom stereocenters. The van der Waals surface area contributed by atoms with Gasteiger partial charge in [0.25, 0.3) is 5.91 Å². The fraction of sp³-hybridized carbons (Fsp3) is 0.286. The predicted octanol–water partition coefficient (Wildman–Crippen LogP) is 2.35. The summed E-state index contributed by atoms with van der Waals surface area (Å²) in [5.41, 5.74) is 7.05. The number of ether oxygens (including phenoxy) is 1. The molecule has 8 heteroatoms. The molecule has 2 aromatic carbocycles. The highest BCUT2D eigenvalue weighted by Gasteiger charge is 2.34. The Morgan fingerprint density at radius 1 is 1.21 bits per heavy atom. The predicted molar refractivity (Wildman–Crippen MR) is 108 cm³/mol. The van der Waals surface area contributed by atoms with Crippen LogP contribution in [0.15, 0.2) is 53.6 Å². The first-order valence-electron chi connectivity index (χ1n) is 9.39. The van der Waals surface area contributed by atoms with E-state index in [-0.39, 0.29) is 18.0 Å². The van der Waals surface area contributed by atoms with Crippen molar-refractivity contribution in [2.24, 2.45) is 10.8 Å². The Bertz CT molecular complexity index is 897. The maximum Gasteiger partial charge on any atom is 0.267 e. The van der Waals surface area contributed by atoms with E-state index < -0.39 is 17.8 Å². The molecule has 3 rings (SSSR count). The van der Waals surface area contributed by atoms with Crippen molar-refractivity contribution in [1.82, 2.24) is 5.32 Å². The van der Waals surface area contributed by atoms with Crippen LogP contribution >= 0.6 is 0 Å². The van der Waals surface area contributed by atoms with Gasteiger partial charge in [0.2, 0.25) is 5.91 Å². The molecular weight excluding hydrogens is 375 g/mol. The number of primary amides is 1. The summed E-state index contributed by atoms with van der Waals surface area (Å²) in [6.45, 7) is 3.00. The van der Waals surface area contributed by atoms with Gasteiger partial charge in [-0.05, 0) is 48.4 Å². The molecule has 0 aromatic heterocycles. The molecule has 1 atom stereocenters. The first-order valence-corrected chi connectivity index (χ1v) is 9.39. The van der Waals surface area contributed by atoms with Gasteiger partial charge in [0.15, 0.2) is 0 Å². The highest BCUT2D eigenvalue weighted by atomic mass is 19.1. The molecular formula is C21H23FN4O3. The van der Waals surface area contributed by atoms with E-state index in [0.717, 1.165) is 17.7 Å². The molecule has 152 valence electrons. The van der Waals surface area contributed by atoms with Gasteiger partial charge in [-0.2, -0.15) is 5.10 Å². The van der Waals surface area contributed by atoms with Crippen molar-refractivity contribution >= 4 is 23.2 Å². The van der Waals surface area contributed by atoms with Crippen LogP contribution in [0.1, 0.15) is 25.3 Å². The maximum absolute atomic E-state index is 13.2.